The highest BCUT2D eigenvalue weighted by molar-refractivity contribution is 14.0. The fourth-order valence-electron chi connectivity index (χ4n) is 2.64. The molecule has 0 saturated carbocycles. The minimum Gasteiger partial charge on any atom is -0.497 e. The fraction of sp³-hybridized carbons (Fsp3) is 0.476. The molecule has 0 bridgehead atoms. The maximum Gasteiger partial charge on any atom is 0.350 e. The molecule has 2 N–H and O–H groups in total. The molecule has 172 valence electrons. The number of aliphatic imine (C=N–C) groups is 1. The number of carbonyl (C=O) groups is 1. The summed E-state index contributed by atoms with van der Waals surface area (Å²) in [5.41, 5.74) is 0.672. The molecule has 2 unspecified atom stereocenters. The number of esters is 1. The van der Waals surface area contributed by atoms with E-state index in [9.17, 15) is 4.79 Å². The third-order valence-corrected chi connectivity index (χ3v) is 5.48. The summed E-state index contributed by atoms with van der Waals surface area (Å²) in [6, 6.07) is 7.36. The van der Waals surface area contributed by atoms with E-state index in [1.807, 2.05) is 45.0 Å². The van der Waals surface area contributed by atoms with Crippen LogP contribution in [0.15, 0.2) is 29.3 Å². The molecular formula is C21H31IN4O4S. The van der Waals surface area contributed by atoms with Gasteiger partial charge in [-0.05, 0) is 39.8 Å². The van der Waals surface area contributed by atoms with Gasteiger partial charge in [-0.3, -0.25) is 4.99 Å². The Morgan fingerprint density at radius 1 is 1.29 bits per heavy atom. The first-order valence-corrected chi connectivity index (χ1v) is 10.6. The number of hydrogen-bond acceptors (Lipinski definition) is 7. The Hall–Kier alpha value is -2.08. The molecule has 0 radical (unpaired) electrons. The number of guanidine groups is 1. The normalized spacial score (nSPS) is 12.9. The minimum absolute atomic E-state index is 0. The van der Waals surface area contributed by atoms with Gasteiger partial charge < -0.3 is 24.8 Å². The topological polar surface area (TPSA) is 94.1 Å². The van der Waals surface area contributed by atoms with Gasteiger partial charge in [-0.2, -0.15) is 0 Å². The number of nitrogens with zero attached hydrogens (tertiary/aromatic N) is 2. The number of hydrogen-bond donors (Lipinski definition) is 2. The second kappa shape index (κ2) is 13.4. The summed E-state index contributed by atoms with van der Waals surface area (Å²) in [5.74, 6) is 1.77. The number of methoxy groups -OCH3 is 1. The molecule has 2 rings (SSSR count). The van der Waals surface area contributed by atoms with Crippen LogP contribution in [0.4, 0.5) is 0 Å². The fourth-order valence-corrected chi connectivity index (χ4v) is 3.60. The summed E-state index contributed by atoms with van der Waals surface area (Å²) in [6.45, 7) is 8.42. The largest absolute Gasteiger partial charge is 0.497 e. The van der Waals surface area contributed by atoms with Crippen LogP contribution in [0.5, 0.6) is 11.5 Å². The smallest absolute Gasteiger partial charge is 0.350 e. The summed E-state index contributed by atoms with van der Waals surface area (Å²) >= 11 is 1.33. The number of benzene rings is 1. The molecule has 1 aromatic carbocycles. The van der Waals surface area contributed by atoms with Crippen molar-refractivity contribution in [1.29, 1.82) is 0 Å². The minimum atomic E-state index is -0.336. The van der Waals surface area contributed by atoms with Crippen molar-refractivity contribution < 1.29 is 19.0 Å². The Morgan fingerprint density at radius 3 is 2.65 bits per heavy atom. The number of thiazole rings is 1. The van der Waals surface area contributed by atoms with E-state index in [0.29, 0.717) is 29.7 Å². The van der Waals surface area contributed by atoms with Crippen LogP contribution < -0.4 is 20.1 Å². The maximum absolute atomic E-state index is 12.0. The Kier molecular flexibility index (Phi) is 11.6. The Labute approximate surface area is 204 Å². The van der Waals surface area contributed by atoms with Crippen LogP contribution in [0.1, 0.15) is 47.2 Å². The quantitative estimate of drug-likeness (QED) is 0.207. The van der Waals surface area contributed by atoms with Gasteiger partial charge in [0.2, 0.25) is 0 Å². The molecule has 0 aliphatic heterocycles. The van der Waals surface area contributed by atoms with E-state index < -0.39 is 0 Å². The van der Waals surface area contributed by atoms with Gasteiger partial charge in [-0.25, -0.2) is 9.78 Å². The van der Waals surface area contributed by atoms with Gasteiger partial charge in [0.05, 0.1) is 32.0 Å². The third-order valence-electron chi connectivity index (χ3n) is 4.16. The zero-order valence-electron chi connectivity index (χ0n) is 18.7. The molecule has 2 aromatic rings. The van der Waals surface area contributed by atoms with Crippen LogP contribution in [0.3, 0.4) is 0 Å². The van der Waals surface area contributed by atoms with Crippen LogP contribution in [0.25, 0.3) is 0 Å². The van der Waals surface area contributed by atoms with E-state index in [-0.39, 0.29) is 42.1 Å². The van der Waals surface area contributed by atoms with Gasteiger partial charge >= 0.3 is 5.97 Å². The molecule has 0 aliphatic carbocycles. The molecule has 0 saturated heterocycles. The van der Waals surface area contributed by atoms with Crippen LogP contribution in [-0.4, -0.2) is 50.3 Å². The summed E-state index contributed by atoms with van der Waals surface area (Å²) < 4.78 is 16.2. The Balaban J connectivity index is 0.00000480. The van der Waals surface area contributed by atoms with E-state index in [1.165, 1.54) is 11.3 Å². The van der Waals surface area contributed by atoms with Gasteiger partial charge in [-0.1, -0.05) is 6.07 Å². The zero-order valence-corrected chi connectivity index (χ0v) is 21.9. The predicted molar refractivity (Wildman–Crippen MR) is 134 cm³/mol. The van der Waals surface area contributed by atoms with Gasteiger partial charge in [0.15, 0.2) is 5.96 Å². The number of aromatic nitrogens is 1. The van der Waals surface area contributed by atoms with Crippen molar-refractivity contribution in [2.75, 3.05) is 27.3 Å². The van der Waals surface area contributed by atoms with E-state index in [2.05, 4.69) is 20.6 Å². The number of halogens is 1. The van der Waals surface area contributed by atoms with Crippen molar-refractivity contribution in [3.05, 3.63) is 39.8 Å². The molecule has 0 aliphatic rings. The summed E-state index contributed by atoms with van der Waals surface area (Å²) in [4.78, 5) is 21.3. The van der Waals surface area contributed by atoms with Crippen molar-refractivity contribution in [3.8, 4) is 11.5 Å². The second-order valence-electron chi connectivity index (χ2n) is 6.61. The van der Waals surface area contributed by atoms with Gasteiger partial charge in [0, 0.05) is 13.1 Å². The standard InChI is InChI=1S/C21H30N4O4S.HI/c1-7-28-20(26)18-14(3)24-19(30-18)15(4)25-21(22-5)23-12-13(2)29-17-10-8-9-16(11-17)27-6;/h8-11,13,15H,7,12H2,1-6H3,(H2,22,23,25);1H. The Morgan fingerprint density at radius 2 is 2.00 bits per heavy atom. The average molecular weight is 562 g/mol. The molecule has 1 aromatic heterocycles. The maximum atomic E-state index is 12.0. The Bertz CT molecular complexity index is 875. The SMILES string of the molecule is CCOC(=O)c1sc(C(C)NC(=NC)NCC(C)Oc2cccc(OC)c2)nc1C.I. The highest BCUT2D eigenvalue weighted by Crippen LogP contribution is 2.24. The van der Waals surface area contributed by atoms with E-state index in [0.717, 1.165) is 16.5 Å². The lowest BCUT2D eigenvalue weighted by Gasteiger charge is -2.20. The van der Waals surface area contributed by atoms with Crippen LogP contribution in [0, 0.1) is 6.92 Å². The number of ether oxygens (including phenoxy) is 3. The predicted octanol–water partition coefficient (Wildman–Crippen LogP) is 3.95. The highest BCUT2D eigenvalue weighted by Gasteiger charge is 2.20. The number of nitrogens with one attached hydrogen (secondary N) is 2. The van der Waals surface area contributed by atoms with Gasteiger partial charge in [0.1, 0.15) is 27.5 Å². The highest BCUT2D eigenvalue weighted by atomic mass is 127. The second-order valence-corrected chi connectivity index (χ2v) is 7.64. The first-order valence-electron chi connectivity index (χ1n) is 9.80. The van der Waals surface area contributed by atoms with Crippen LogP contribution in [-0.2, 0) is 4.74 Å². The molecule has 2 atom stereocenters. The molecular weight excluding hydrogens is 531 g/mol. The molecule has 8 nitrogen and oxygen atoms in total. The monoisotopic (exact) mass is 562 g/mol. The van der Waals surface area contributed by atoms with Crippen molar-refractivity contribution in [2.45, 2.75) is 39.8 Å². The average Bonchev–Trinajstić information content (AvgIpc) is 3.13. The third kappa shape index (κ3) is 8.17. The van der Waals surface area contributed by atoms with Crippen LogP contribution in [0.2, 0.25) is 0 Å². The summed E-state index contributed by atoms with van der Waals surface area (Å²) in [5, 5.41) is 7.33. The zero-order chi connectivity index (χ0) is 22.1. The van der Waals surface area contributed by atoms with E-state index in [1.54, 1.807) is 21.1 Å². The van der Waals surface area contributed by atoms with Gasteiger partial charge in [-0.15, -0.1) is 35.3 Å². The van der Waals surface area contributed by atoms with E-state index >= 15 is 0 Å². The first kappa shape index (κ1) is 27.0. The molecule has 1 heterocycles. The lowest BCUT2D eigenvalue weighted by molar-refractivity contribution is 0.0531. The summed E-state index contributed by atoms with van der Waals surface area (Å²) in [6.07, 6.45) is -0.0940. The van der Waals surface area contributed by atoms with Gasteiger partial charge in [0.25, 0.3) is 0 Å². The van der Waals surface area contributed by atoms with Crippen LogP contribution >= 0.6 is 35.3 Å². The molecule has 31 heavy (non-hydrogen) atoms. The molecule has 10 heteroatoms. The number of aryl methyl sites for hydroxylation is 1. The van der Waals surface area contributed by atoms with E-state index in [4.69, 9.17) is 14.2 Å². The van der Waals surface area contributed by atoms with Crippen molar-refractivity contribution in [2.24, 2.45) is 4.99 Å². The lowest BCUT2D eigenvalue weighted by atomic mass is 10.3. The lowest BCUT2D eigenvalue weighted by Crippen LogP contribution is -2.42. The number of rotatable bonds is 9. The number of carbonyl (C=O) groups excluding carboxylic acids is 1. The molecule has 0 spiro atoms. The van der Waals surface area contributed by atoms with Crippen molar-refractivity contribution >= 4 is 47.2 Å². The van der Waals surface area contributed by atoms with Crippen molar-refractivity contribution in [3.63, 3.8) is 0 Å². The summed E-state index contributed by atoms with van der Waals surface area (Å²) in [7, 11) is 3.33. The van der Waals surface area contributed by atoms with Crippen molar-refractivity contribution in [1.82, 2.24) is 15.6 Å². The first-order chi connectivity index (χ1) is 14.4. The molecule has 0 fully saturated rings. The molecule has 0 amide bonds.